The lowest BCUT2D eigenvalue weighted by molar-refractivity contribution is -0.128. The minimum Gasteiger partial charge on any atom is -0.481 e. The predicted octanol–water partition coefficient (Wildman–Crippen LogP) is 3.29. The summed E-state index contributed by atoms with van der Waals surface area (Å²) in [6.45, 7) is 5.08. The first-order valence-corrected chi connectivity index (χ1v) is 7.85. The van der Waals surface area contributed by atoms with Gasteiger partial charge in [-0.05, 0) is 43.7 Å². The van der Waals surface area contributed by atoms with E-state index in [1.807, 2.05) is 37.3 Å². The SMILES string of the molecule is CC(=O)Nc1ccc(O[C@H](C)C(=O)N[C@@H](C)c2ccccc2)cc1. The van der Waals surface area contributed by atoms with Gasteiger partial charge in [0.2, 0.25) is 5.91 Å². The molecule has 2 aromatic carbocycles. The molecule has 126 valence electrons. The second kappa shape index (κ2) is 8.15. The Hall–Kier alpha value is -2.82. The monoisotopic (exact) mass is 326 g/mol. The molecule has 0 aliphatic rings. The highest BCUT2D eigenvalue weighted by Crippen LogP contribution is 2.17. The van der Waals surface area contributed by atoms with Crippen molar-refractivity contribution in [3.8, 4) is 5.75 Å². The Labute approximate surface area is 142 Å². The predicted molar refractivity (Wildman–Crippen MR) is 93.8 cm³/mol. The van der Waals surface area contributed by atoms with Crippen molar-refractivity contribution in [2.75, 3.05) is 5.32 Å². The Kier molecular flexibility index (Phi) is 5.95. The molecule has 0 unspecified atom stereocenters. The van der Waals surface area contributed by atoms with Crippen LogP contribution in [0.15, 0.2) is 54.6 Å². The number of carbonyl (C=O) groups excluding carboxylic acids is 2. The second-order valence-electron chi connectivity index (χ2n) is 5.61. The van der Waals surface area contributed by atoms with Crippen LogP contribution in [0.2, 0.25) is 0 Å². The molecule has 5 heteroatoms. The van der Waals surface area contributed by atoms with Crippen molar-refractivity contribution in [2.45, 2.75) is 32.9 Å². The molecule has 0 saturated heterocycles. The normalized spacial score (nSPS) is 12.8. The summed E-state index contributed by atoms with van der Waals surface area (Å²) in [6.07, 6.45) is -0.622. The van der Waals surface area contributed by atoms with Crippen molar-refractivity contribution < 1.29 is 14.3 Å². The lowest BCUT2D eigenvalue weighted by Gasteiger charge is -2.19. The number of hydrogen-bond donors (Lipinski definition) is 2. The summed E-state index contributed by atoms with van der Waals surface area (Å²) >= 11 is 0. The van der Waals surface area contributed by atoms with Crippen LogP contribution < -0.4 is 15.4 Å². The van der Waals surface area contributed by atoms with Crippen LogP contribution >= 0.6 is 0 Å². The van der Waals surface area contributed by atoms with Gasteiger partial charge in [-0.15, -0.1) is 0 Å². The molecule has 0 fully saturated rings. The van der Waals surface area contributed by atoms with Gasteiger partial charge in [0, 0.05) is 12.6 Å². The van der Waals surface area contributed by atoms with Crippen LogP contribution in [0.25, 0.3) is 0 Å². The molecule has 0 heterocycles. The molecule has 0 spiro atoms. The molecule has 0 aliphatic carbocycles. The van der Waals surface area contributed by atoms with Crippen molar-refractivity contribution in [3.05, 3.63) is 60.2 Å². The lowest BCUT2D eigenvalue weighted by Crippen LogP contribution is -2.37. The Morgan fingerprint density at radius 3 is 2.17 bits per heavy atom. The third kappa shape index (κ3) is 5.12. The molecule has 0 aromatic heterocycles. The Balaban J connectivity index is 1.90. The van der Waals surface area contributed by atoms with Gasteiger partial charge < -0.3 is 15.4 Å². The molecule has 2 amide bonds. The van der Waals surface area contributed by atoms with Gasteiger partial charge in [0.05, 0.1) is 6.04 Å². The van der Waals surface area contributed by atoms with Crippen LogP contribution in [0.3, 0.4) is 0 Å². The third-order valence-electron chi connectivity index (χ3n) is 3.52. The highest BCUT2D eigenvalue weighted by atomic mass is 16.5. The van der Waals surface area contributed by atoms with Crippen molar-refractivity contribution in [2.24, 2.45) is 0 Å². The molecule has 0 radical (unpaired) electrons. The quantitative estimate of drug-likeness (QED) is 0.856. The number of rotatable bonds is 6. The van der Waals surface area contributed by atoms with E-state index in [1.54, 1.807) is 31.2 Å². The topological polar surface area (TPSA) is 67.4 Å². The summed E-state index contributed by atoms with van der Waals surface area (Å²) in [5, 5.41) is 5.61. The molecule has 5 nitrogen and oxygen atoms in total. The number of anilines is 1. The van der Waals surface area contributed by atoms with E-state index in [2.05, 4.69) is 10.6 Å². The first-order valence-electron chi connectivity index (χ1n) is 7.85. The number of carbonyl (C=O) groups is 2. The number of nitrogens with one attached hydrogen (secondary N) is 2. The third-order valence-corrected chi connectivity index (χ3v) is 3.52. The van der Waals surface area contributed by atoms with E-state index in [-0.39, 0.29) is 17.9 Å². The Morgan fingerprint density at radius 1 is 0.958 bits per heavy atom. The van der Waals surface area contributed by atoms with Crippen LogP contribution in [0.5, 0.6) is 5.75 Å². The van der Waals surface area contributed by atoms with Gasteiger partial charge in [0.1, 0.15) is 5.75 Å². The maximum absolute atomic E-state index is 12.3. The van der Waals surface area contributed by atoms with E-state index in [9.17, 15) is 9.59 Å². The van der Waals surface area contributed by atoms with Crippen LogP contribution in [0.1, 0.15) is 32.4 Å². The molecule has 2 aromatic rings. The fourth-order valence-electron chi connectivity index (χ4n) is 2.23. The zero-order chi connectivity index (χ0) is 17.5. The summed E-state index contributed by atoms with van der Waals surface area (Å²) in [5.74, 6) is 0.253. The van der Waals surface area contributed by atoms with Crippen molar-refractivity contribution >= 4 is 17.5 Å². The van der Waals surface area contributed by atoms with E-state index < -0.39 is 6.10 Å². The Bertz CT molecular complexity index is 684. The number of hydrogen-bond acceptors (Lipinski definition) is 3. The van der Waals surface area contributed by atoms with E-state index in [0.29, 0.717) is 11.4 Å². The first kappa shape index (κ1) is 17.5. The van der Waals surface area contributed by atoms with Crippen molar-refractivity contribution in [1.82, 2.24) is 5.32 Å². The van der Waals surface area contributed by atoms with E-state index in [4.69, 9.17) is 4.74 Å². The van der Waals surface area contributed by atoms with E-state index >= 15 is 0 Å². The second-order valence-corrected chi connectivity index (χ2v) is 5.61. The van der Waals surface area contributed by atoms with Crippen LogP contribution in [0, 0.1) is 0 Å². The average molecular weight is 326 g/mol. The van der Waals surface area contributed by atoms with E-state index in [0.717, 1.165) is 5.56 Å². The maximum Gasteiger partial charge on any atom is 0.261 e. The first-order chi connectivity index (χ1) is 11.5. The highest BCUT2D eigenvalue weighted by Gasteiger charge is 2.17. The average Bonchev–Trinajstić information content (AvgIpc) is 2.56. The highest BCUT2D eigenvalue weighted by molar-refractivity contribution is 5.88. The minimum atomic E-state index is -0.622. The van der Waals surface area contributed by atoms with Gasteiger partial charge in [0.15, 0.2) is 6.10 Å². The zero-order valence-electron chi connectivity index (χ0n) is 14.1. The maximum atomic E-state index is 12.3. The summed E-state index contributed by atoms with van der Waals surface area (Å²) in [4.78, 5) is 23.2. The summed E-state index contributed by atoms with van der Waals surface area (Å²) < 4.78 is 5.65. The molecule has 0 saturated carbocycles. The van der Waals surface area contributed by atoms with Gasteiger partial charge in [-0.3, -0.25) is 9.59 Å². The van der Waals surface area contributed by atoms with E-state index in [1.165, 1.54) is 6.92 Å². The fourth-order valence-corrected chi connectivity index (χ4v) is 2.23. The van der Waals surface area contributed by atoms with Gasteiger partial charge >= 0.3 is 0 Å². The summed E-state index contributed by atoms with van der Waals surface area (Å²) in [7, 11) is 0. The molecule has 0 aliphatic heterocycles. The molecular formula is C19H22N2O3. The van der Waals surface area contributed by atoms with Crippen molar-refractivity contribution in [1.29, 1.82) is 0 Å². The van der Waals surface area contributed by atoms with Gasteiger partial charge in [-0.2, -0.15) is 0 Å². The largest absolute Gasteiger partial charge is 0.481 e. The summed E-state index contributed by atoms with van der Waals surface area (Å²) in [5.41, 5.74) is 1.72. The number of amides is 2. The molecule has 2 atom stereocenters. The minimum absolute atomic E-state index is 0.0908. The van der Waals surface area contributed by atoms with Gasteiger partial charge in [-0.25, -0.2) is 0 Å². The van der Waals surface area contributed by atoms with Crippen molar-refractivity contribution in [3.63, 3.8) is 0 Å². The van der Waals surface area contributed by atoms with Crippen LogP contribution in [0.4, 0.5) is 5.69 Å². The molecule has 24 heavy (non-hydrogen) atoms. The van der Waals surface area contributed by atoms with Crippen LogP contribution in [-0.4, -0.2) is 17.9 Å². The lowest BCUT2D eigenvalue weighted by atomic mass is 10.1. The molecule has 2 N–H and O–H groups in total. The van der Waals surface area contributed by atoms with Crippen LogP contribution in [-0.2, 0) is 9.59 Å². The summed E-state index contributed by atoms with van der Waals surface area (Å²) in [6, 6.07) is 16.6. The smallest absolute Gasteiger partial charge is 0.261 e. The Morgan fingerprint density at radius 2 is 1.58 bits per heavy atom. The van der Waals surface area contributed by atoms with Gasteiger partial charge in [0.25, 0.3) is 5.91 Å². The molecular weight excluding hydrogens is 304 g/mol. The fraction of sp³-hybridized carbons (Fsp3) is 0.263. The molecule has 0 bridgehead atoms. The molecule has 2 rings (SSSR count). The van der Waals surface area contributed by atoms with Gasteiger partial charge in [-0.1, -0.05) is 30.3 Å². The number of benzene rings is 2. The number of ether oxygens (including phenoxy) is 1. The zero-order valence-corrected chi connectivity index (χ0v) is 14.1. The standard InChI is InChI=1S/C19H22N2O3/c1-13(16-7-5-4-6-8-16)20-19(23)14(2)24-18-11-9-17(10-12-18)21-15(3)22/h4-14H,1-3H3,(H,20,23)(H,21,22)/t13-,14+/m0/s1.